The summed E-state index contributed by atoms with van der Waals surface area (Å²) in [6, 6.07) is 4.00. The Morgan fingerprint density at radius 2 is 2.36 bits per heavy atom. The van der Waals surface area contributed by atoms with Crippen molar-refractivity contribution in [1.82, 2.24) is 0 Å². The van der Waals surface area contributed by atoms with Crippen molar-refractivity contribution in [2.45, 2.75) is 0 Å². The first-order chi connectivity index (χ1) is 5.40. The predicted octanol–water partition coefficient (Wildman–Crippen LogP) is 1.60. The number of fused-ring (bicyclic) bond motifs is 1. The summed E-state index contributed by atoms with van der Waals surface area (Å²) in [5.74, 6) is 0. The monoisotopic (exact) mass is 184 g/mol. The molecule has 0 amide bonds. The van der Waals surface area contributed by atoms with E-state index in [9.17, 15) is 0 Å². The Kier molecular flexibility index (Phi) is 1.85. The van der Waals surface area contributed by atoms with Crippen LogP contribution in [-0.4, -0.2) is 12.7 Å². The van der Waals surface area contributed by atoms with Crippen molar-refractivity contribution in [3.63, 3.8) is 0 Å². The van der Waals surface area contributed by atoms with E-state index in [1.54, 1.807) is 22.7 Å². The molecule has 0 radical (unpaired) electrons. The SMILES string of the molecule is OBOc1cc2sccc2s1. The van der Waals surface area contributed by atoms with Crippen molar-refractivity contribution in [1.29, 1.82) is 0 Å². The average Bonchev–Trinajstić information content (AvgIpc) is 2.46. The molecule has 11 heavy (non-hydrogen) atoms. The second-order valence-electron chi connectivity index (χ2n) is 1.99. The van der Waals surface area contributed by atoms with Gasteiger partial charge in [-0.3, -0.25) is 0 Å². The Morgan fingerprint density at radius 3 is 3.09 bits per heavy atom. The van der Waals surface area contributed by atoms with Gasteiger partial charge in [0.15, 0.2) is 5.06 Å². The molecule has 0 saturated heterocycles. The molecule has 0 aliphatic rings. The van der Waals surface area contributed by atoms with Gasteiger partial charge in [-0.25, -0.2) is 0 Å². The Hall–Kier alpha value is -0.515. The largest absolute Gasteiger partial charge is 0.531 e. The van der Waals surface area contributed by atoms with E-state index in [1.165, 1.54) is 9.40 Å². The minimum atomic E-state index is -0.242. The zero-order valence-corrected chi connectivity index (χ0v) is 7.24. The quantitative estimate of drug-likeness (QED) is 0.718. The molecule has 0 spiro atoms. The molecule has 2 heterocycles. The van der Waals surface area contributed by atoms with Gasteiger partial charge in [0.2, 0.25) is 0 Å². The van der Waals surface area contributed by atoms with Gasteiger partial charge in [-0.1, -0.05) is 11.3 Å². The van der Waals surface area contributed by atoms with Crippen LogP contribution in [0.2, 0.25) is 0 Å². The minimum absolute atomic E-state index is 0.242. The second-order valence-corrected chi connectivity index (χ2v) is 3.98. The van der Waals surface area contributed by atoms with Gasteiger partial charge in [0, 0.05) is 15.5 Å². The van der Waals surface area contributed by atoms with E-state index in [1.807, 2.05) is 11.4 Å². The highest BCUT2D eigenvalue weighted by molar-refractivity contribution is 7.27. The summed E-state index contributed by atoms with van der Waals surface area (Å²) < 4.78 is 7.37. The van der Waals surface area contributed by atoms with E-state index in [0.29, 0.717) is 0 Å². The molecule has 2 aromatic heterocycles. The van der Waals surface area contributed by atoms with Gasteiger partial charge in [0.25, 0.3) is 0 Å². The number of hydrogen-bond donors (Lipinski definition) is 1. The van der Waals surface area contributed by atoms with Gasteiger partial charge in [0.1, 0.15) is 0 Å². The Morgan fingerprint density at radius 1 is 1.45 bits per heavy atom. The van der Waals surface area contributed by atoms with Crippen molar-refractivity contribution >= 4 is 39.8 Å². The fourth-order valence-corrected chi connectivity index (χ4v) is 2.82. The highest BCUT2D eigenvalue weighted by Gasteiger charge is 2.02. The van der Waals surface area contributed by atoms with Crippen molar-refractivity contribution < 1.29 is 9.68 Å². The molecular weight excluding hydrogens is 179 g/mol. The Labute approximate surface area is 72.4 Å². The highest BCUT2D eigenvalue weighted by Crippen LogP contribution is 2.34. The second kappa shape index (κ2) is 2.85. The molecule has 0 aromatic carbocycles. The van der Waals surface area contributed by atoms with Crippen molar-refractivity contribution in [2.24, 2.45) is 0 Å². The molecule has 0 aliphatic heterocycles. The highest BCUT2D eigenvalue weighted by atomic mass is 32.1. The summed E-state index contributed by atoms with van der Waals surface area (Å²) in [7, 11) is -0.242. The van der Waals surface area contributed by atoms with Crippen LogP contribution in [0, 0.1) is 0 Å². The normalized spacial score (nSPS) is 10.3. The first kappa shape index (κ1) is 7.15. The van der Waals surface area contributed by atoms with E-state index in [0.717, 1.165) is 5.06 Å². The molecule has 0 bridgehead atoms. The Balaban J connectivity index is 2.42. The van der Waals surface area contributed by atoms with E-state index in [2.05, 4.69) is 6.07 Å². The first-order valence-electron chi connectivity index (χ1n) is 3.11. The van der Waals surface area contributed by atoms with Crippen LogP contribution in [0.4, 0.5) is 0 Å². The summed E-state index contributed by atoms with van der Waals surface area (Å²) >= 11 is 3.24. The van der Waals surface area contributed by atoms with Gasteiger partial charge in [-0.05, 0) is 11.4 Å². The zero-order valence-electron chi connectivity index (χ0n) is 5.61. The summed E-state index contributed by atoms with van der Waals surface area (Å²) in [5, 5.41) is 11.3. The molecule has 2 aromatic rings. The molecule has 0 aliphatic carbocycles. The lowest BCUT2D eigenvalue weighted by molar-refractivity contribution is 0.461. The minimum Gasteiger partial charge on any atom is -0.531 e. The summed E-state index contributed by atoms with van der Waals surface area (Å²) in [4.78, 5) is 0. The lowest BCUT2D eigenvalue weighted by Gasteiger charge is -1.92. The van der Waals surface area contributed by atoms with E-state index in [-0.39, 0.29) is 7.69 Å². The standard InChI is InChI=1S/C6H5BO2S2/c8-7-9-6-3-5-4(11-6)1-2-10-5/h1-3,7-8H. The number of thiophene rings is 2. The first-order valence-corrected chi connectivity index (χ1v) is 4.80. The molecule has 0 saturated carbocycles. The van der Waals surface area contributed by atoms with Gasteiger partial charge < -0.3 is 9.68 Å². The van der Waals surface area contributed by atoms with E-state index >= 15 is 0 Å². The fourth-order valence-electron chi connectivity index (χ4n) is 0.878. The smallest absolute Gasteiger partial charge is 0.504 e. The van der Waals surface area contributed by atoms with Crippen LogP contribution in [0.5, 0.6) is 5.06 Å². The maximum Gasteiger partial charge on any atom is 0.504 e. The zero-order chi connectivity index (χ0) is 7.68. The van der Waals surface area contributed by atoms with Crippen molar-refractivity contribution in [3.05, 3.63) is 17.5 Å². The van der Waals surface area contributed by atoms with Crippen LogP contribution >= 0.6 is 22.7 Å². The van der Waals surface area contributed by atoms with Gasteiger partial charge >= 0.3 is 7.69 Å². The molecular formula is C6H5BO2S2. The van der Waals surface area contributed by atoms with Crippen LogP contribution < -0.4 is 4.65 Å². The van der Waals surface area contributed by atoms with Crippen LogP contribution in [0.1, 0.15) is 0 Å². The third-order valence-corrected chi connectivity index (χ3v) is 3.33. The van der Waals surface area contributed by atoms with Gasteiger partial charge in [0.05, 0.1) is 0 Å². The van der Waals surface area contributed by atoms with E-state index < -0.39 is 0 Å². The molecule has 0 unspecified atom stereocenters. The van der Waals surface area contributed by atoms with Gasteiger partial charge in [-0.15, -0.1) is 11.3 Å². The van der Waals surface area contributed by atoms with Crippen molar-refractivity contribution in [3.8, 4) is 5.06 Å². The lowest BCUT2D eigenvalue weighted by atomic mass is 10.4. The predicted molar refractivity (Wildman–Crippen MR) is 49.7 cm³/mol. The van der Waals surface area contributed by atoms with Crippen LogP contribution in [0.15, 0.2) is 17.5 Å². The maximum absolute atomic E-state index is 8.47. The molecule has 5 heteroatoms. The van der Waals surface area contributed by atoms with Crippen LogP contribution in [-0.2, 0) is 0 Å². The molecule has 56 valence electrons. The molecule has 1 N–H and O–H groups in total. The summed E-state index contributed by atoms with van der Waals surface area (Å²) in [5.41, 5.74) is 0. The molecule has 2 nitrogen and oxygen atoms in total. The molecule has 0 atom stereocenters. The number of hydrogen-bond acceptors (Lipinski definition) is 4. The van der Waals surface area contributed by atoms with Gasteiger partial charge in [-0.2, -0.15) is 0 Å². The third-order valence-electron chi connectivity index (χ3n) is 1.32. The van der Waals surface area contributed by atoms with Crippen LogP contribution in [0.3, 0.4) is 0 Å². The third kappa shape index (κ3) is 1.27. The lowest BCUT2D eigenvalue weighted by Crippen LogP contribution is -1.97. The molecule has 0 fully saturated rings. The average molecular weight is 184 g/mol. The fraction of sp³-hybridized carbons (Fsp3) is 0. The maximum atomic E-state index is 8.47. The summed E-state index contributed by atoms with van der Waals surface area (Å²) in [6.45, 7) is 0. The summed E-state index contributed by atoms with van der Waals surface area (Å²) in [6.07, 6.45) is 0. The van der Waals surface area contributed by atoms with Crippen molar-refractivity contribution in [2.75, 3.05) is 0 Å². The Bertz CT molecular complexity index is 325. The number of rotatable bonds is 2. The van der Waals surface area contributed by atoms with Crippen LogP contribution in [0.25, 0.3) is 9.40 Å². The molecule has 2 rings (SSSR count). The van der Waals surface area contributed by atoms with E-state index in [4.69, 9.17) is 9.68 Å². The topological polar surface area (TPSA) is 29.5 Å².